The van der Waals surface area contributed by atoms with Gasteiger partial charge in [0.25, 0.3) is 5.91 Å². The Hall–Kier alpha value is -2.62. The van der Waals surface area contributed by atoms with E-state index in [9.17, 15) is 9.59 Å². The SMILES string of the molecule is C=CCn1c(SCC(=O)Nc2cc(C)c(C)cc2Br)nnc1[C@H](C)NC(=O)c1cccc(Cl)c1. The second kappa shape index (κ2) is 11.7. The van der Waals surface area contributed by atoms with Gasteiger partial charge in [0.05, 0.1) is 17.5 Å². The van der Waals surface area contributed by atoms with Crippen molar-refractivity contribution >= 4 is 56.8 Å². The minimum absolute atomic E-state index is 0.151. The number of hydrogen-bond acceptors (Lipinski definition) is 5. The second-order valence-corrected chi connectivity index (χ2v) is 9.93. The third-order valence-electron chi connectivity index (χ3n) is 5.07. The Morgan fingerprint density at radius 2 is 1.97 bits per heavy atom. The van der Waals surface area contributed by atoms with Crippen molar-refractivity contribution in [3.63, 3.8) is 0 Å². The summed E-state index contributed by atoms with van der Waals surface area (Å²) in [4.78, 5) is 25.2. The molecule has 7 nitrogen and oxygen atoms in total. The van der Waals surface area contributed by atoms with Crippen LogP contribution in [0.2, 0.25) is 5.02 Å². The first-order valence-electron chi connectivity index (χ1n) is 10.5. The predicted molar refractivity (Wildman–Crippen MR) is 141 cm³/mol. The van der Waals surface area contributed by atoms with Crippen molar-refractivity contribution in [3.8, 4) is 0 Å². The Morgan fingerprint density at radius 3 is 2.68 bits per heavy atom. The average Bonchev–Trinajstić information content (AvgIpc) is 3.19. The van der Waals surface area contributed by atoms with E-state index in [-0.39, 0.29) is 17.6 Å². The van der Waals surface area contributed by atoms with Gasteiger partial charge in [-0.05, 0) is 78.2 Å². The molecule has 1 atom stereocenters. The molecule has 178 valence electrons. The minimum atomic E-state index is -0.423. The highest BCUT2D eigenvalue weighted by molar-refractivity contribution is 9.10. The summed E-state index contributed by atoms with van der Waals surface area (Å²) in [6.07, 6.45) is 1.72. The van der Waals surface area contributed by atoms with E-state index in [1.54, 1.807) is 30.3 Å². The topological polar surface area (TPSA) is 88.9 Å². The van der Waals surface area contributed by atoms with Gasteiger partial charge >= 0.3 is 0 Å². The summed E-state index contributed by atoms with van der Waals surface area (Å²) in [6.45, 7) is 10.1. The second-order valence-electron chi connectivity index (χ2n) is 7.70. The highest BCUT2D eigenvalue weighted by Gasteiger charge is 2.21. The third kappa shape index (κ3) is 6.49. The minimum Gasteiger partial charge on any atom is -0.342 e. The molecule has 3 rings (SSSR count). The first kappa shape index (κ1) is 26.0. The van der Waals surface area contributed by atoms with E-state index in [4.69, 9.17) is 11.6 Å². The zero-order chi connectivity index (χ0) is 24.8. The average molecular weight is 563 g/mol. The van der Waals surface area contributed by atoms with Crippen molar-refractivity contribution < 1.29 is 9.59 Å². The van der Waals surface area contributed by atoms with Gasteiger partial charge in [-0.15, -0.1) is 16.8 Å². The van der Waals surface area contributed by atoms with Crippen LogP contribution in [0.15, 0.2) is 58.7 Å². The number of rotatable bonds is 9. The van der Waals surface area contributed by atoms with E-state index in [1.165, 1.54) is 11.8 Å². The molecule has 0 saturated heterocycles. The smallest absolute Gasteiger partial charge is 0.251 e. The molecule has 0 fully saturated rings. The zero-order valence-corrected chi connectivity index (χ0v) is 22.2. The molecule has 10 heteroatoms. The normalized spacial score (nSPS) is 11.7. The summed E-state index contributed by atoms with van der Waals surface area (Å²) in [5, 5.41) is 15.4. The Balaban J connectivity index is 1.68. The molecule has 1 aromatic heterocycles. The van der Waals surface area contributed by atoms with E-state index in [0.717, 1.165) is 21.3 Å². The van der Waals surface area contributed by atoms with Crippen LogP contribution in [0, 0.1) is 13.8 Å². The Kier molecular flexibility index (Phi) is 8.93. The molecule has 0 aliphatic carbocycles. The van der Waals surface area contributed by atoms with Gasteiger partial charge in [0.1, 0.15) is 0 Å². The summed E-state index contributed by atoms with van der Waals surface area (Å²) < 4.78 is 2.66. The van der Waals surface area contributed by atoms with Crippen LogP contribution < -0.4 is 10.6 Å². The number of allylic oxidation sites excluding steroid dienone is 1. The van der Waals surface area contributed by atoms with E-state index in [2.05, 4.69) is 43.3 Å². The lowest BCUT2D eigenvalue weighted by molar-refractivity contribution is -0.113. The summed E-state index contributed by atoms with van der Waals surface area (Å²) in [5.41, 5.74) is 3.41. The number of nitrogens with one attached hydrogen (secondary N) is 2. The number of anilines is 1. The Labute approximate surface area is 216 Å². The van der Waals surface area contributed by atoms with Gasteiger partial charge in [0.15, 0.2) is 11.0 Å². The number of hydrogen-bond donors (Lipinski definition) is 2. The number of nitrogens with zero attached hydrogens (tertiary/aromatic N) is 3. The monoisotopic (exact) mass is 561 g/mol. The molecule has 0 radical (unpaired) electrons. The highest BCUT2D eigenvalue weighted by Crippen LogP contribution is 2.27. The largest absolute Gasteiger partial charge is 0.342 e. The molecular formula is C24H25BrClN5O2S. The van der Waals surface area contributed by atoms with Gasteiger partial charge in [-0.3, -0.25) is 9.59 Å². The van der Waals surface area contributed by atoms with Gasteiger partial charge in [0.2, 0.25) is 5.91 Å². The molecule has 0 bridgehead atoms. The molecule has 2 N–H and O–H groups in total. The number of carbonyl (C=O) groups is 2. The summed E-state index contributed by atoms with van der Waals surface area (Å²) in [5.74, 6) is 0.287. The molecule has 1 heterocycles. The molecule has 0 aliphatic heterocycles. The van der Waals surface area contributed by atoms with Gasteiger partial charge in [0, 0.05) is 21.6 Å². The molecule has 0 saturated carbocycles. The lowest BCUT2D eigenvalue weighted by atomic mass is 10.1. The number of halogens is 2. The molecule has 2 aromatic carbocycles. The maximum Gasteiger partial charge on any atom is 0.251 e. The number of amides is 2. The van der Waals surface area contributed by atoms with Crippen molar-refractivity contribution in [3.05, 3.63) is 81.1 Å². The lowest BCUT2D eigenvalue weighted by Gasteiger charge is -2.15. The van der Waals surface area contributed by atoms with Crippen molar-refractivity contribution in [2.24, 2.45) is 0 Å². The van der Waals surface area contributed by atoms with Crippen LogP contribution in [0.4, 0.5) is 5.69 Å². The molecule has 2 amide bonds. The van der Waals surface area contributed by atoms with Crippen molar-refractivity contribution in [2.75, 3.05) is 11.1 Å². The number of thioether (sulfide) groups is 1. The maximum atomic E-state index is 12.6. The van der Waals surface area contributed by atoms with Gasteiger partial charge in [-0.2, -0.15) is 0 Å². The van der Waals surface area contributed by atoms with Gasteiger partial charge < -0.3 is 15.2 Å². The molecule has 34 heavy (non-hydrogen) atoms. The molecule has 0 unspecified atom stereocenters. The first-order chi connectivity index (χ1) is 16.2. The van der Waals surface area contributed by atoms with Crippen LogP contribution in [0.1, 0.15) is 40.3 Å². The summed E-state index contributed by atoms with van der Waals surface area (Å²) >= 11 is 10.8. The third-order valence-corrected chi connectivity index (χ3v) is 6.93. The van der Waals surface area contributed by atoms with Gasteiger partial charge in [-0.25, -0.2) is 0 Å². The Morgan fingerprint density at radius 1 is 1.24 bits per heavy atom. The molecule has 3 aromatic rings. The van der Waals surface area contributed by atoms with E-state index >= 15 is 0 Å². The standard InChI is InChI=1S/C24H25BrClN5O2S/c1-5-9-31-22(16(4)27-23(33)17-7-6-8-18(26)12-17)29-30-24(31)34-13-21(32)28-20-11-15(3)14(2)10-19(20)25/h5-8,10-12,16H,1,9,13H2,2-4H3,(H,27,33)(H,28,32)/t16-/m0/s1. The van der Waals surface area contributed by atoms with E-state index in [1.807, 2.05) is 37.5 Å². The fourth-order valence-electron chi connectivity index (χ4n) is 3.20. The van der Waals surface area contributed by atoms with Crippen LogP contribution in [0.25, 0.3) is 0 Å². The van der Waals surface area contributed by atoms with Crippen molar-refractivity contribution in [1.82, 2.24) is 20.1 Å². The fraction of sp³-hybridized carbons (Fsp3) is 0.250. The van der Waals surface area contributed by atoms with Crippen LogP contribution in [0.3, 0.4) is 0 Å². The molecule has 0 spiro atoms. The first-order valence-corrected chi connectivity index (χ1v) is 12.6. The zero-order valence-electron chi connectivity index (χ0n) is 19.1. The van der Waals surface area contributed by atoms with Gasteiger partial charge in [-0.1, -0.05) is 35.5 Å². The van der Waals surface area contributed by atoms with E-state index < -0.39 is 6.04 Å². The summed E-state index contributed by atoms with van der Waals surface area (Å²) in [7, 11) is 0. The molecule has 0 aliphatic rings. The number of benzene rings is 2. The van der Waals surface area contributed by atoms with Crippen molar-refractivity contribution in [1.29, 1.82) is 0 Å². The number of aryl methyl sites for hydroxylation is 2. The van der Waals surface area contributed by atoms with Crippen molar-refractivity contribution in [2.45, 2.75) is 38.5 Å². The fourth-order valence-corrected chi connectivity index (χ4v) is 4.70. The quantitative estimate of drug-likeness (QED) is 0.257. The lowest BCUT2D eigenvalue weighted by Crippen LogP contribution is -2.28. The van der Waals surface area contributed by atoms with Crippen LogP contribution in [0.5, 0.6) is 0 Å². The van der Waals surface area contributed by atoms with Crippen LogP contribution in [-0.4, -0.2) is 32.3 Å². The highest BCUT2D eigenvalue weighted by atomic mass is 79.9. The van der Waals surface area contributed by atoms with E-state index in [0.29, 0.717) is 28.1 Å². The predicted octanol–water partition coefficient (Wildman–Crippen LogP) is 5.72. The van der Waals surface area contributed by atoms with Crippen LogP contribution in [-0.2, 0) is 11.3 Å². The number of aromatic nitrogens is 3. The maximum absolute atomic E-state index is 12.6. The Bertz CT molecular complexity index is 1230. The summed E-state index contributed by atoms with van der Waals surface area (Å²) in [6, 6.07) is 10.2. The molecular weight excluding hydrogens is 538 g/mol. The number of carbonyl (C=O) groups excluding carboxylic acids is 2. The van der Waals surface area contributed by atoms with Crippen LogP contribution >= 0.6 is 39.3 Å².